The van der Waals surface area contributed by atoms with E-state index in [1.807, 2.05) is 0 Å². The molecule has 0 atom stereocenters. The van der Waals surface area contributed by atoms with Crippen molar-refractivity contribution in [3.63, 3.8) is 0 Å². The molecule has 1 aliphatic heterocycles. The average molecular weight is 352 g/mol. The average Bonchev–Trinajstić information content (AvgIpc) is 2.57. The van der Waals surface area contributed by atoms with E-state index in [4.69, 9.17) is 16.3 Å². The third-order valence-corrected chi connectivity index (χ3v) is 4.16. The van der Waals surface area contributed by atoms with Gasteiger partial charge in [0.1, 0.15) is 27.9 Å². The topological polar surface area (TPSA) is 96.3 Å². The monoisotopic (exact) mass is 351 g/mol. The second-order valence-corrected chi connectivity index (χ2v) is 5.70. The number of rotatable bonds is 3. The lowest BCUT2D eigenvalue weighted by molar-refractivity contribution is -0.140. The number of aryl methyl sites for hydroxylation is 1. The first-order valence-electron chi connectivity index (χ1n) is 7.14. The number of ether oxygens (including phenoxy) is 2. The molecule has 2 aliphatic rings. The van der Waals surface area contributed by atoms with Crippen LogP contribution in [0.3, 0.4) is 0 Å². The highest BCUT2D eigenvalue weighted by atomic mass is 35.5. The molecule has 0 saturated carbocycles. The molecule has 1 heterocycles. The van der Waals surface area contributed by atoms with E-state index in [9.17, 15) is 19.9 Å². The summed E-state index contributed by atoms with van der Waals surface area (Å²) in [6, 6.07) is 1.48. The van der Waals surface area contributed by atoms with Crippen molar-refractivity contribution in [3.05, 3.63) is 40.3 Å². The lowest BCUT2D eigenvalue weighted by Crippen LogP contribution is -2.27. The number of carbonyl (C=O) groups is 2. The minimum absolute atomic E-state index is 0.0104. The molecule has 0 fully saturated rings. The molecule has 24 heavy (non-hydrogen) atoms. The van der Waals surface area contributed by atoms with Crippen molar-refractivity contribution in [2.75, 3.05) is 12.2 Å². The Hall–Kier alpha value is -2.51. The van der Waals surface area contributed by atoms with Gasteiger partial charge in [0.2, 0.25) is 0 Å². The van der Waals surface area contributed by atoms with Gasteiger partial charge >= 0.3 is 5.97 Å². The molecule has 0 amide bonds. The Bertz CT molecular complexity index is 798. The van der Waals surface area contributed by atoms with Gasteiger partial charge in [-0.05, 0) is 30.2 Å². The van der Waals surface area contributed by atoms with Gasteiger partial charge in [0.25, 0.3) is 0 Å². The van der Waals surface area contributed by atoms with Crippen LogP contribution in [0.1, 0.15) is 18.4 Å². The molecular weight excluding hydrogens is 338 g/mol. The van der Waals surface area contributed by atoms with E-state index in [-0.39, 0.29) is 53.0 Å². The molecule has 1 aliphatic carbocycles. The first-order chi connectivity index (χ1) is 11.4. The summed E-state index contributed by atoms with van der Waals surface area (Å²) >= 11 is 6.14. The van der Waals surface area contributed by atoms with E-state index in [1.54, 1.807) is 0 Å². The van der Waals surface area contributed by atoms with Gasteiger partial charge in [-0.2, -0.15) is 0 Å². The second-order valence-electron chi connectivity index (χ2n) is 5.32. The molecule has 0 bridgehead atoms. The highest BCUT2D eigenvalue weighted by Gasteiger charge is 2.32. The van der Waals surface area contributed by atoms with Crippen molar-refractivity contribution in [1.82, 2.24) is 0 Å². The van der Waals surface area contributed by atoms with Crippen LogP contribution in [-0.4, -0.2) is 29.2 Å². The summed E-state index contributed by atoms with van der Waals surface area (Å²) in [5.74, 6) is -0.532. The Morgan fingerprint density at radius 3 is 2.92 bits per heavy atom. The number of esters is 1. The number of nitrogens with zero attached hydrogens (tertiary/aromatic N) is 1. The number of anilines is 1. The summed E-state index contributed by atoms with van der Waals surface area (Å²) in [5, 5.41) is 21.4. The van der Waals surface area contributed by atoms with E-state index in [0.29, 0.717) is 11.3 Å². The molecule has 1 aromatic rings. The third kappa shape index (κ3) is 2.72. The normalized spacial score (nSPS) is 15.8. The minimum atomic E-state index is -0.431. The number of carbonyl (C=O) groups excluding carboxylic acids is 2. The number of hydroxylamine groups is 1. The largest absolute Gasteiger partial charge is 0.506 e. The number of ketones is 1. The van der Waals surface area contributed by atoms with Crippen LogP contribution in [0.2, 0.25) is 5.02 Å². The number of phenolic OH excluding ortho intramolecular Hbond substituents is 1. The van der Waals surface area contributed by atoms with E-state index in [0.717, 1.165) is 5.06 Å². The van der Waals surface area contributed by atoms with Crippen molar-refractivity contribution in [2.24, 2.45) is 0 Å². The predicted molar refractivity (Wildman–Crippen MR) is 84.1 cm³/mol. The van der Waals surface area contributed by atoms with E-state index >= 15 is 0 Å². The van der Waals surface area contributed by atoms with Gasteiger partial charge in [0.15, 0.2) is 11.5 Å². The molecule has 0 saturated heterocycles. The zero-order valence-electron chi connectivity index (χ0n) is 12.7. The summed E-state index contributed by atoms with van der Waals surface area (Å²) in [7, 11) is 1.27. The van der Waals surface area contributed by atoms with Crippen LogP contribution in [0.4, 0.5) is 5.69 Å². The number of allylic oxidation sites excluding steroid dienone is 3. The summed E-state index contributed by atoms with van der Waals surface area (Å²) in [4.78, 5) is 22.8. The fraction of sp³-hybridized carbons (Fsp3) is 0.250. The fourth-order valence-corrected chi connectivity index (χ4v) is 2.80. The Labute approximate surface area is 142 Å². The number of hydrogen-bond acceptors (Lipinski definition) is 7. The quantitative estimate of drug-likeness (QED) is 0.807. The van der Waals surface area contributed by atoms with Crippen LogP contribution in [-0.2, 0) is 20.7 Å². The molecule has 126 valence electrons. The molecular formula is C16H14ClNO6. The number of benzene rings is 1. The number of fused-ring (bicyclic) bond motifs is 1. The van der Waals surface area contributed by atoms with Gasteiger partial charge in [0, 0.05) is 6.42 Å². The van der Waals surface area contributed by atoms with Crippen LogP contribution in [0.25, 0.3) is 0 Å². The summed E-state index contributed by atoms with van der Waals surface area (Å²) in [5.41, 5.74) is 0.907. The predicted octanol–water partition coefficient (Wildman–Crippen LogP) is 2.48. The van der Waals surface area contributed by atoms with Gasteiger partial charge in [0.05, 0.1) is 13.5 Å². The van der Waals surface area contributed by atoms with Gasteiger partial charge in [-0.15, -0.1) is 0 Å². The van der Waals surface area contributed by atoms with Crippen molar-refractivity contribution < 1.29 is 29.4 Å². The molecule has 0 radical (unpaired) electrons. The molecule has 0 aromatic heterocycles. The SMILES string of the molecule is COC(=O)CCc1cc2c(c(Cl)c1O)OC1=C(C=CC(=O)C1)N2O. The number of halogens is 1. The van der Waals surface area contributed by atoms with Crippen LogP contribution >= 0.6 is 11.6 Å². The molecule has 3 rings (SSSR count). The van der Waals surface area contributed by atoms with Crippen LogP contribution < -0.4 is 9.80 Å². The summed E-state index contributed by atoms with van der Waals surface area (Å²) in [6.07, 6.45) is 3.01. The molecule has 8 heteroatoms. The Morgan fingerprint density at radius 1 is 1.46 bits per heavy atom. The van der Waals surface area contributed by atoms with Gasteiger partial charge < -0.3 is 14.6 Å². The molecule has 2 N–H and O–H groups in total. The minimum Gasteiger partial charge on any atom is -0.506 e. The maximum atomic E-state index is 11.5. The van der Waals surface area contributed by atoms with E-state index < -0.39 is 5.97 Å². The van der Waals surface area contributed by atoms with Crippen LogP contribution in [0.15, 0.2) is 29.7 Å². The lowest BCUT2D eigenvalue weighted by Gasteiger charge is -2.31. The first-order valence-corrected chi connectivity index (χ1v) is 7.52. The number of aromatic hydroxyl groups is 1. The van der Waals surface area contributed by atoms with Crippen LogP contribution in [0.5, 0.6) is 11.5 Å². The third-order valence-electron chi connectivity index (χ3n) is 3.81. The maximum Gasteiger partial charge on any atom is 0.305 e. The smallest absolute Gasteiger partial charge is 0.305 e. The van der Waals surface area contributed by atoms with Crippen molar-refractivity contribution >= 4 is 29.0 Å². The molecule has 0 unspecified atom stereocenters. The standard InChI is InChI=1S/C16H14ClNO6/c1-23-13(20)5-2-8-6-11-16(14(17)15(8)21)24-12-7-9(19)3-4-10(12)18(11)22/h3-4,6,21-22H,2,5,7H2,1H3. The van der Waals surface area contributed by atoms with E-state index in [2.05, 4.69) is 4.74 Å². The molecule has 0 spiro atoms. The summed E-state index contributed by atoms with van der Waals surface area (Å²) in [6.45, 7) is 0. The maximum absolute atomic E-state index is 11.5. The van der Waals surface area contributed by atoms with Crippen molar-refractivity contribution in [1.29, 1.82) is 0 Å². The van der Waals surface area contributed by atoms with E-state index in [1.165, 1.54) is 25.3 Å². The molecule has 1 aromatic carbocycles. The van der Waals surface area contributed by atoms with Gasteiger partial charge in [-0.1, -0.05) is 11.6 Å². The first kappa shape index (κ1) is 16.4. The zero-order valence-corrected chi connectivity index (χ0v) is 13.5. The van der Waals surface area contributed by atoms with Crippen LogP contribution in [0, 0.1) is 0 Å². The Balaban J connectivity index is 1.99. The van der Waals surface area contributed by atoms with Crippen molar-refractivity contribution in [3.8, 4) is 11.5 Å². The fourth-order valence-electron chi connectivity index (χ4n) is 2.55. The highest BCUT2D eigenvalue weighted by Crippen LogP contribution is 2.48. The van der Waals surface area contributed by atoms with Crippen molar-refractivity contribution in [2.45, 2.75) is 19.3 Å². The summed E-state index contributed by atoms with van der Waals surface area (Å²) < 4.78 is 10.2. The lowest BCUT2D eigenvalue weighted by atomic mass is 10.0. The van der Waals surface area contributed by atoms with Gasteiger partial charge in [-0.25, -0.2) is 5.06 Å². The number of phenols is 1. The van der Waals surface area contributed by atoms with Gasteiger partial charge in [-0.3, -0.25) is 14.8 Å². The second kappa shape index (κ2) is 6.18. The zero-order chi connectivity index (χ0) is 17.4. The Kier molecular flexibility index (Phi) is 4.21. The highest BCUT2D eigenvalue weighted by molar-refractivity contribution is 6.34. The number of methoxy groups -OCH3 is 1. The number of hydrogen-bond donors (Lipinski definition) is 2. The molecule has 7 nitrogen and oxygen atoms in total. The Morgan fingerprint density at radius 2 is 2.21 bits per heavy atom.